The highest BCUT2D eigenvalue weighted by Crippen LogP contribution is 2.36. The molecule has 118 valence electrons. The van der Waals surface area contributed by atoms with Gasteiger partial charge in [0.25, 0.3) is 5.69 Å². The number of hydrogen-bond donors (Lipinski definition) is 2. The molecule has 1 aromatic carbocycles. The molecule has 0 atom stereocenters. The Morgan fingerprint density at radius 1 is 1.27 bits per heavy atom. The van der Waals surface area contributed by atoms with Crippen LogP contribution in [0.3, 0.4) is 0 Å². The zero-order valence-electron chi connectivity index (χ0n) is 11.3. The maximum Gasteiger partial charge on any atom is 0.339 e. The van der Waals surface area contributed by atoms with E-state index < -0.39 is 39.5 Å². The van der Waals surface area contributed by atoms with Gasteiger partial charge < -0.3 is 14.9 Å². The highest BCUT2D eigenvalue weighted by atomic mass is 35.5. The molecule has 0 aliphatic heterocycles. The average molecular weight is 332 g/mol. The summed E-state index contributed by atoms with van der Waals surface area (Å²) < 4.78 is 4.39. The van der Waals surface area contributed by atoms with Gasteiger partial charge in [0.15, 0.2) is 5.41 Å². The third-order valence-corrected chi connectivity index (χ3v) is 3.39. The number of carboxylic acids is 2. The fraction of sp³-hybridized carbons (Fsp3) is 0.250. The first kappa shape index (κ1) is 17.4. The number of carboxylic acid groups (broad SMARTS) is 2. The number of rotatable bonds is 5. The largest absolute Gasteiger partial charge is 0.480 e. The molecule has 2 N–H and O–H groups in total. The van der Waals surface area contributed by atoms with Crippen molar-refractivity contribution in [2.75, 3.05) is 7.11 Å². The molecule has 22 heavy (non-hydrogen) atoms. The predicted molar refractivity (Wildman–Crippen MR) is 72.1 cm³/mol. The highest BCUT2D eigenvalue weighted by Gasteiger charge is 2.48. The Morgan fingerprint density at radius 3 is 2.14 bits per heavy atom. The van der Waals surface area contributed by atoms with Crippen LogP contribution in [0.4, 0.5) is 5.69 Å². The third kappa shape index (κ3) is 2.70. The Labute approximate surface area is 128 Å². The Morgan fingerprint density at radius 2 is 1.77 bits per heavy atom. The van der Waals surface area contributed by atoms with Crippen LogP contribution in [0, 0.1) is 10.1 Å². The van der Waals surface area contributed by atoms with Gasteiger partial charge in [-0.25, -0.2) is 4.79 Å². The van der Waals surface area contributed by atoms with Gasteiger partial charge in [-0.05, 0) is 13.0 Å². The van der Waals surface area contributed by atoms with Crippen LogP contribution < -0.4 is 0 Å². The van der Waals surface area contributed by atoms with Crippen LogP contribution in [-0.4, -0.2) is 40.2 Å². The number of benzene rings is 1. The van der Waals surface area contributed by atoms with Crippen molar-refractivity contribution in [3.63, 3.8) is 0 Å². The zero-order chi connectivity index (χ0) is 17.2. The van der Waals surface area contributed by atoms with Crippen LogP contribution in [0.2, 0.25) is 5.02 Å². The van der Waals surface area contributed by atoms with Crippen molar-refractivity contribution in [1.82, 2.24) is 0 Å². The second-order valence-corrected chi connectivity index (χ2v) is 4.74. The van der Waals surface area contributed by atoms with Crippen LogP contribution in [0.15, 0.2) is 12.1 Å². The molecule has 0 aliphatic carbocycles. The number of esters is 1. The molecule has 0 fully saturated rings. The van der Waals surface area contributed by atoms with E-state index in [0.717, 1.165) is 20.1 Å². The number of carbonyl (C=O) groups is 3. The maximum atomic E-state index is 11.5. The van der Waals surface area contributed by atoms with Crippen molar-refractivity contribution in [3.8, 4) is 0 Å². The fourth-order valence-corrected chi connectivity index (χ4v) is 1.94. The number of halogens is 1. The summed E-state index contributed by atoms with van der Waals surface area (Å²) in [6.45, 7) is 0.786. The summed E-state index contributed by atoms with van der Waals surface area (Å²) in [6, 6.07) is 1.46. The molecule has 0 heterocycles. The number of ether oxygens (including phenoxy) is 1. The van der Waals surface area contributed by atoms with E-state index in [0.29, 0.717) is 6.07 Å². The SMILES string of the molecule is COC(=O)c1cc([N+](=O)[O-])c(C(C)(C(=O)O)C(=O)O)cc1Cl. The van der Waals surface area contributed by atoms with Crippen molar-refractivity contribution >= 4 is 35.2 Å². The summed E-state index contributed by atoms with van der Waals surface area (Å²) >= 11 is 5.79. The van der Waals surface area contributed by atoms with E-state index in [-0.39, 0.29) is 10.6 Å². The number of methoxy groups -OCH3 is 1. The molecular formula is C12H10ClNO8. The van der Waals surface area contributed by atoms with E-state index in [1.54, 1.807) is 0 Å². The van der Waals surface area contributed by atoms with E-state index in [9.17, 15) is 24.5 Å². The monoisotopic (exact) mass is 331 g/mol. The van der Waals surface area contributed by atoms with Gasteiger partial charge in [0.2, 0.25) is 0 Å². The van der Waals surface area contributed by atoms with Crippen LogP contribution >= 0.6 is 11.6 Å². The second-order valence-electron chi connectivity index (χ2n) is 4.33. The molecule has 0 saturated heterocycles. The Hall–Kier alpha value is -2.68. The normalized spacial score (nSPS) is 10.9. The Bertz CT molecular complexity index is 670. The lowest BCUT2D eigenvalue weighted by Crippen LogP contribution is -2.41. The third-order valence-electron chi connectivity index (χ3n) is 3.08. The van der Waals surface area contributed by atoms with Gasteiger partial charge in [-0.3, -0.25) is 19.7 Å². The number of carbonyl (C=O) groups excluding carboxylic acids is 1. The van der Waals surface area contributed by atoms with Crippen molar-refractivity contribution in [2.45, 2.75) is 12.3 Å². The first-order valence-electron chi connectivity index (χ1n) is 5.60. The summed E-state index contributed by atoms with van der Waals surface area (Å²) in [4.78, 5) is 44.2. The van der Waals surface area contributed by atoms with Gasteiger partial charge >= 0.3 is 17.9 Å². The van der Waals surface area contributed by atoms with E-state index in [1.165, 1.54) is 0 Å². The van der Waals surface area contributed by atoms with Gasteiger partial charge in [0.05, 0.1) is 28.2 Å². The van der Waals surface area contributed by atoms with E-state index in [4.69, 9.17) is 21.8 Å². The number of nitro groups is 1. The van der Waals surface area contributed by atoms with E-state index in [1.807, 2.05) is 0 Å². The topological polar surface area (TPSA) is 144 Å². The molecule has 0 aliphatic rings. The number of hydrogen-bond acceptors (Lipinski definition) is 6. The van der Waals surface area contributed by atoms with Crippen LogP contribution in [0.25, 0.3) is 0 Å². The average Bonchev–Trinajstić information content (AvgIpc) is 2.44. The number of nitro benzene ring substituents is 1. The Balaban J connectivity index is 3.79. The molecule has 9 nitrogen and oxygen atoms in total. The van der Waals surface area contributed by atoms with Gasteiger partial charge in [0, 0.05) is 6.07 Å². The standard InChI is InChI=1S/C12H10ClNO8/c1-12(10(16)17,11(18)19)6-4-7(13)5(9(15)22-2)3-8(6)14(20)21/h3-4H,1-2H3,(H,16,17)(H,18,19). The molecule has 0 saturated carbocycles. The predicted octanol–water partition coefficient (Wildman–Crippen LogP) is 1.46. The minimum Gasteiger partial charge on any atom is -0.480 e. The van der Waals surface area contributed by atoms with Crippen molar-refractivity contribution in [1.29, 1.82) is 0 Å². The summed E-state index contributed by atoms with van der Waals surface area (Å²) in [7, 11) is 1.02. The fourth-order valence-electron chi connectivity index (χ4n) is 1.70. The minimum absolute atomic E-state index is 0.360. The van der Waals surface area contributed by atoms with Crippen LogP contribution in [0.1, 0.15) is 22.8 Å². The molecule has 0 radical (unpaired) electrons. The molecule has 0 amide bonds. The summed E-state index contributed by atoms with van der Waals surface area (Å²) in [5.41, 5.74) is -4.51. The van der Waals surface area contributed by atoms with E-state index in [2.05, 4.69) is 4.74 Å². The molecule has 0 bridgehead atoms. The smallest absolute Gasteiger partial charge is 0.339 e. The lowest BCUT2D eigenvalue weighted by atomic mass is 9.81. The summed E-state index contributed by atoms with van der Waals surface area (Å²) in [5, 5.41) is 29.0. The van der Waals surface area contributed by atoms with Gasteiger partial charge in [-0.1, -0.05) is 11.6 Å². The first-order valence-corrected chi connectivity index (χ1v) is 5.98. The van der Waals surface area contributed by atoms with Crippen LogP contribution in [0.5, 0.6) is 0 Å². The van der Waals surface area contributed by atoms with Gasteiger partial charge in [0.1, 0.15) is 0 Å². The van der Waals surface area contributed by atoms with Crippen molar-refractivity contribution < 1.29 is 34.3 Å². The minimum atomic E-state index is -2.61. The molecule has 0 spiro atoms. The van der Waals surface area contributed by atoms with Gasteiger partial charge in [-0.15, -0.1) is 0 Å². The van der Waals surface area contributed by atoms with Crippen LogP contribution in [-0.2, 0) is 19.7 Å². The molecular weight excluding hydrogens is 322 g/mol. The van der Waals surface area contributed by atoms with Crippen molar-refractivity contribution in [2.24, 2.45) is 0 Å². The Kier molecular flexibility index (Phi) is 4.72. The number of aliphatic carboxylic acids is 2. The maximum absolute atomic E-state index is 11.5. The summed E-state index contributed by atoms with van der Waals surface area (Å²) in [5.74, 6) is -4.61. The zero-order valence-corrected chi connectivity index (χ0v) is 12.1. The second kappa shape index (κ2) is 5.98. The quantitative estimate of drug-likeness (QED) is 0.357. The molecule has 0 unspecified atom stereocenters. The highest BCUT2D eigenvalue weighted by molar-refractivity contribution is 6.34. The molecule has 10 heteroatoms. The molecule has 1 rings (SSSR count). The molecule has 0 aromatic heterocycles. The molecule has 1 aromatic rings. The number of nitrogens with zero attached hydrogens (tertiary/aromatic N) is 1. The lowest BCUT2D eigenvalue weighted by Gasteiger charge is -2.20. The first-order chi connectivity index (χ1) is 10.1. The summed E-state index contributed by atoms with van der Waals surface area (Å²) in [6.07, 6.45) is 0. The van der Waals surface area contributed by atoms with E-state index >= 15 is 0 Å². The van der Waals surface area contributed by atoms with Crippen molar-refractivity contribution in [3.05, 3.63) is 38.4 Å². The van der Waals surface area contributed by atoms with Gasteiger partial charge in [-0.2, -0.15) is 0 Å². The lowest BCUT2D eigenvalue weighted by molar-refractivity contribution is -0.386.